The van der Waals surface area contributed by atoms with E-state index in [1.54, 1.807) is 23.9 Å². The van der Waals surface area contributed by atoms with E-state index < -0.39 is 0 Å². The van der Waals surface area contributed by atoms with E-state index in [0.29, 0.717) is 11.3 Å². The van der Waals surface area contributed by atoms with Gasteiger partial charge in [-0.1, -0.05) is 12.1 Å². The summed E-state index contributed by atoms with van der Waals surface area (Å²) in [6, 6.07) is 13.1. The lowest BCUT2D eigenvalue weighted by atomic mass is 10.1. The zero-order valence-corrected chi connectivity index (χ0v) is 11.8. The average molecular weight is 272 g/mol. The third-order valence-electron chi connectivity index (χ3n) is 2.87. The Bertz CT molecular complexity index is 611. The van der Waals surface area contributed by atoms with Crippen molar-refractivity contribution in [3.05, 3.63) is 53.6 Å². The molecule has 0 spiro atoms. The molecule has 98 valence electrons. The number of rotatable bonds is 3. The summed E-state index contributed by atoms with van der Waals surface area (Å²) in [4.78, 5) is 13.2. The average Bonchev–Trinajstić information content (AvgIpc) is 2.42. The van der Waals surface area contributed by atoms with Crippen molar-refractivity contribution >= 4 is 29.0 Å². The van der Waals surface area contributed by atoms with Crippen LogP contribution < -0.4 is 11.1 Å². The molecule has 0 saturated carbocycles. The van der Waals surface area contributed by atoms with Gasteiger partial charge in [-0.3, -0.25) is 4.79 Å². The van der Waals surface area contributed by atoms with Crippen molar-refractivity contribution in [3.8, 4) is 0 Å². The molecule has 0 unspecified atom stereocenters. The van der Waals surface area contributed by atoms with Crippen molar-refractivity contribution in [2.45, 2.75) is 11.8 Å². The fraction of sp³-hybridized carbons (Fsp3) is 0.133. The Kier molecular flexibility index (Phi) is 4.12. The molecule has 2 rings (SSSR count). The molecule has 3 nitrogen and oxygen atoms in total. The molecule has 0 aliphatic heterocycles. The zero-order chi connectivity index (χ0) is 13.8. The maximum Gasteiger partial charge on any atom is 0.255 e. The molecule has 0 fully saturated rings. The van der Waals surface area contributed by atoms with Crippen LogP contribution in [0.4, 0.5) is 11.4 Å². The van der Waals surface area contributed by atoms with Crippen LogP contribution in [0.1, 0.15) is 15.9 Å². The number of aryl methyl sites for hydroxylation is 1. The van der Waals surface area contributed by atoms with Gasteiger partial charge in [0.15, 0.2) is 0 Å². The Labute approximate surface area is 117 Å². The summed E-state index contributed by atoms with van der Waals surface area (Å²) >= 11 is 1.64. The molecule has 0 saturated heterocycles. The topological polar surface area (TPSA) is 55.1 Å². The van der Waals surface area contributed by atoms with Gasteiger partial charge in [0.05, 0.1) is 0 Å². The van der Waals surface area contributed by atoms with Gasteiger partial charge >= 0.3 is 0 Å². The van der Waals surface area contributed by atoms with E-state index in [1.165, 1.54) is 0 Å². The number of anilines is 2. The molecule has 3 N–H and O–H groups in total. The number of hydrogen-bond acceptors (Lipinski definition) is 3. The van der Waals surface area contributed by atoms with E-state index in [9.17, 15) is 4.79 Å². The summed E-state index contributed by atoms with van der Waals surface area (Å²) in [6.07, 6.45) is 2.00. The minimum absolute atomic E-state index is 0.148. The van der Waals surface area contributed by atoms with Crippen LogP contribution in [-0.2, 0) is 0 Å². The first-order chi connectivity index (χ1) is 9.10. The molecule has 0 aromatic heterocycles. The van der Waals surface area contributed by atoms with Gasteiger partial charge in [0.1, 0.15) is 0 Å². The van der Waals surface area contributed by atoms with Crippen molar-refractivity contribution in [1.29, 1.82) is 0 Å². The van der Waals surface area contributed by atoms with Crippen LogP contribution in [0.15, 0.2) is 47.4 Å². The van der Waals surface area contributed by atoms with Crippen LogP contribution in [0.3, 0.4) is 0 Å². The number of nitrogens with two attached hydrogens (primary N) is 1. The molecule has 4 heteroatoms. The van der Waals surface area contributed by atoms with Gasteiger partial charge in [0.25, 0.3) is 5.91 Å². The van der Waals surface area contributed by atoms with Crippen LogP contribution in [0.2, 0.25) is 0 Å². The van der Waals surface area contributed by atoms with Crippen LogP contribution >= 0.6 is 11.8 Å². The highest BCUT2D eigenvalue weighted by Crippen LogP contribution is 2.20. The van der Waals surface area contributed by atoms with E-state index in [-0.39, 0.29) is 5.91 Å². The number of nitrogen functional groups attached to an aromatic ring is 1. The highest BCUT2D eigenvalue weighted by Gasteiger charge is 2.07. The number of thioether (sulfide) groups is 1. The van der Waals surface area contributed by atoms with Gasteiger partial charge < -0.3 is 11.1 Å². The van der Waals surface area contributed by atoms with Gasteiger partial charge in [0, 0.05) is 21.8 Å². The molecule has 0 atom stereocenters. The predicted molar refractivity (Wildman–Crippen MR) is 81.8 cm³/mol. The van der Waals surface area contributed by atoms with Gasteiger partial charge in [0.2, 0.25) is 0 Å². The highest BCUT2D eigenvalue weighted by molar-refractivity contribution is 7.98. The van der Waals surface area contributed by atoms with Crippen molar-refractivity contribution in [2.75, 3.05) is 17.3 Å². The van der Waals surface area contributed by atoms with Crippen LogP contribution in [0.5, 0.6) is 0 Å². The SMILES string of the molecule is CSc1cccc(NC(=O)c2ccc(C)c(N)c2)c1. The summed E-state index contributed by atoms with van der Waals surface area (Å²) in [5, 5.41) is 2.87. The smallest absolute Gasteiger partial charge is 0.255 e. The van der Waals surface area contributed by atoms with Gasteiger partial charge in [-0.2, -0.15) is 0 Å². The van der Waals surface area contributed by atoms with Crippen LogP contribution in [-0.4, -0.2) is 12.2 Å². The standard InChI is InChI=1S/C15H16N2OS/c1-10-6-7-11(8-14(10)16)15(18)17-12-4-3-5-13(9-12)19-2/h3-9H,16H2,1-2H3,(H,17,18). The Morgan fingerprint density at radius 3 is 2.68 bits per heavy atom. The summed E-state index contributed by atoms with van der Waals surface area (Å²) in [5.41, 5.74) is 8.77. The Balaban J connectivity index is 2.18. The third kappa shape index (κ3) is 3.29. The summed E-state index contributed by atoms with van der Waals surface area (Å²) < 4.78 is 0. The van der Waals surface area contributed by atoms with E-state index in [4.69, 9.17) is 5.73 Å². The van der Waals surface area contributed by atoms with E-state index in [0.717, 1.165) is 16.1 Å². The van der Waals surface area contributed by atoms with Crippen molar-refractivity contribution < 1.29 is 4.79 Å². The molecular weight excluding hydrogens is 256 g/mol. The number of carbonyl (C=O) groups excluding carboxylic acids is 1. The summed E-state index contributed by atoms with van der Waals surface area (Å²) in [6.45, 7) is 1.92. The minimum atomic E-state index is -0.148. The van der Waals surface area contributed by atoms with E-state index in [1.807, 2.05) is 43.5 Å². The molecule has 19 heavy (non-hydrogen) atoms. The van der Waals surface area contributed by atoms with Crippen molar-refractivity contribution in [3.63, 3.8) is 0 Å². The fourth-order valence-corrected chi connectivity index (χ4v) is 2.15. The van der Waals surface area contributed by atoms with Crippen molar-refractivity contribution in [1.82, 2.24) is 0 Å². The first-order valence-electron chi connectivity index (χ1n) is 5.91. The summed E-state index contributed by atoms with van der Waals surface area (Å²) in [7, 11) is 0. The zero-order valence-electron chi connectivity index (χ0n) is 10.9. The second kappa shape index (κ2) is 5.80. The lowest BCUT2D eigenvalue weighted by molar-refractivity contribution is 0.102. The molecule has 0 aliphatic carbocycles. The summed E-state index contributed by atoms with van der Waals surface area (Å²) in [5.74, 6) is -0.148. The monoisotopic (exact) mass is 272 g/mol. The lowest BCUT2D eigenvalue weighted by Crippen LogP contribution is -2.12. The molecule has 0 heterocycles. The molecule has 2 aromatic carbocycles. The van der Waals surface area contributed by atoms with Crippen LogP contribution in [0, 0.1) is 6.92 Å². The lowest BCUT2D eigenvalue weighted by Gasteiger charge is -2.08. The number of amides is 1. The predicted octanol–water partition coefficient (Wildman–Crippen LogP) is 3.55. The first kappa shape index (κ1) is 13.5. The Hall–Kier alpha value is -1.94. The van der Waals surface area contributed by atoms with Gasteiger partial charge in [-0.25, -0.2) is 0 Å². The van der Waals surface area contributed by atoms with Crippen molar-refractivity contribution in [2.24, 2.45) is 0 Å². The largest absolute Gasteiger partial charge is 0.398 e. The fourth-order valence-electron chi connectivity index (χ4n) is 1.69. The molecule has 0 aliphatic rings. The van der Waals surface area contributed by atoms with Crippen LogP contribution in [0.25, 0.3) is 0 Å². The molecule has 2 aromatic rings. The molecule has 0 radical (unpaired) electrons. The second-order valence-electron chi connectivity index (χ2n) is 4.26. The maximum atomic E-state index is 12.1. The van der Waals surface area contributed by atoms with Gasteiger partial charge in [-0.15, -0.1) is 11.8 Å². The normalized spacial score (nSPS) is 10.2. The number of hydrogen-bond donors (Lipinski definition) is 2. The molecule has 0 bridgehead atoms. The van der Waals surface area contributed by atoms with E-state index >= 15 is 0 Å². The molecule has 1 amide bonds. The maximum absolute atomic E-state index is 12.1. The first-order valence-corrected chi connectivity index (χ1v) is 7.14. The van der Waals surface area contributed by atoms with E-state index in [2.05, 4.69) is 5.32 Å². The second-order valence-corrected chi connectivity index (χ2v) is 5.14. The highest BCUT2D eigenvalue weighted by atomic mass is 32.2. The van der Waals surface area contributed by atoms with Gasteiger partial charge in [-0.05, 0) is 49.1 Å². The quantitative estimate of drug-likeness (QED) is 0.663. The third-order valence-corrected chi connectivity index (χ3v) is 3.59. The minimum Gasteiger partial charge on any atom is -0.398 e. The number of benzene rings is 2. The molecular formula is C15H16N2OS. The number of carbonyl (C=O) groups is 1. The Morgan fingerprint density at radius 1 is 1.21 bits per heavy atom. The number of nitrogens with one attached hydrogen (secondary N) is 1. The Morgan fingerprint density at radius 2 is 2.00 bits per heavy atom.